The fourth-order valence-electron chi connectivity index (χ4n) is 5.14. The molecule has 4 aromatic heterocycles. The standard InChI is InChI=1S/C36H23N7O2S2/c1-3-17-37-34(11-1)44-24-7-5-9-26(19-24)46-28-13-15-30-31-16-14-29(22-33(31)43(32(30)21-28)36-41-39-23-40-42-36)47-27-10-6-8-25(20-27)45-35-12-2-4-18-38-35/h1-23H. The zero-order valence-electron chi connectivity index (χ0n) is 24.5. The van der Waals surface area contributed by atoms with Crippen molar-refractivity contribution in [3.05, 3.63) is 140 Å². The van der Waals surface area contributed by atoms with Gasteiger partial charge in [-0.25, -0.2) is 9.97 Å². The normalized spacial score (nSPS) is 11.1. The van der Waals surface area contributed by atoms with Crippen LogP contribution in [-0.4, -0.2) is 34.9 Å². The Hall–Kier alpha value is -5.78. The molecule has 226 valence electrons. The molecule has 4 aromatic carbocycles. The second-order valence-corrected chi connectivity index (χ2v) is 12.5. The SMILES string of the molecule is c1ccc(Oc2cccc(Sc3ccc4c5ccc(Sc6cccc(Oc7ccccn7)c6)cc5n(-c5nncnn5)c4c3)c2)nc1. The van der Waals surface area contributed by atoms with Crippen molar-refractivity contribution in [1.29, 1.82) is 0 Å². The zero-order chi connectivity index (χ0) is 31.4. The molecule has 8 rings (SSSR count). The van der Waals surface area contributed by atoms with E-state index in [0.29, 0.717) is 17.7 Å². The average molecular weight is 650 g/mol. The van der Waals surface area contributed by atoms with E-state index in [9.17, 15) is 0 Å². The molecule has 8 aromatic rings. The molecule has 0 N–H and O–H groups in total. The second kappa shape index (κ2) is 12.9. The first-order valence-electron chi connectivity index (χ1n) is 14.6. The second-order valence-electron chi connectivity index (χ2n) is 10.2. The Morgan fingerprint density at radius 3 is 1.49 bits per heavy atom. The third kappa shape index (κ3) is 6.35. The first-order valence-corrected chi connectivity index (χ1v) is 16.2. The average Bonchev–Trinajstić information content (AvgIpc) is 3.42. The summed E-state index contributed by atoms with van der Waals surface area (Å²) in [6, 6.07) is 39.9. The Balaban J connectivity index is 1.13. The highest BCUT2D eigenvalue weighted by Gasteiger charge is 2.17. The van der Waals surface area contributed by atoms with Crippen LogP contribution in [0.5, 0.6) is 23.3 Å². The summed E-state index contributed by atoms with van der Waals surface area (Å²) in [7, 11) is 0. The highest BCUT2D eigenvalue weighted by Crippen LogP contribution is 2.39. The van der Waals surface area contributed by atoms with Gasteiger partial charge in [-0.3, -0.25) is 4.57 Å². The Bertz CT molecular complexity index is 2180. The van der Waals surface area contributed by atoms with E-state index in [-0.39, 0.29) is 0 Å². The minimum Gasteiger partial charge on any atom is -0.439 e. The number of benzene rings is 4. The summed E-state index contributed by atoms with van der Waals surface area (Å²) in [5.74, 6) is 2.94. The Kier molecular flexibility index (Phi) is 7.88. The third-order valence-corrected chi connectivity index (χ3v) is 9.07. The molecule has 0 aliphatic heterocycles. The van der Waals surface area contributed by atoms with Gasteiger partial charge in [-0.05, 0) is 72.8 Å². The highest BCUT2D eigenvalue weighted by molar-refractivity contribution is 7.99. The van der Waals surface area contributed by atoms with Crippen LogP contribution in [0.25, 0.3) is 27.8 Å². The van der Waals surface area contributed by atoms with Crippen molar-refractivity contribution in [2.24, 2.45) is 0 Å². The van der Waals surface area contributed by atoms with Gasteiger partial charge in [0.05, 0.1) is 11.0 Å². The maximum atomic E-state index is 5.96. The van der Waals surface area contributed by atoms with E-state index < -0.39 is 0 Å². The largest absolute Gasteiger partial charge is 0.439 e. The summed E-state index contributed by atoms with van der Waals surface area (Å²) in [5, 5.41) is 18.9. The van der Waals surface area contributed by atoms with Gasteiger partial charge in [-0.1, -0.05) is 59.9 Å². The molecule has 0 amide bonds. The lowest BCUT2D eigenvalue weighted by Crippen LogP contribution is -2.03. The van der Waals surface area contributed by atoms with Crippen LogP contribution in [0.2, 0.25) is 0 Å². The number of ether oxygens (including phenoxy) is 2. The van der Waals surface area contributed by atoms with Crippen LogP contribution in [0.3, 0.4) is 0 Å². The number of rotatable bonds is 9. The fourth-order valence-corrected chi connectivity index (χ4v) is 6.94. The third-order valence-electron chi connectivity index (χ3n) is 7.11. The summed E-state index contributed by atoms with van der Waals surface area (Å²) >= 11 is 3.28. The molecule has 0 aliphatic rings. The lowest BCUT2D eigenvalue weighted by Gasteiger charge is -2.08. The molecule has 9 nitrogen and oxygen atoms in total. The summed E-state index contributed by atoms with van der Waals surface area (Å²) in [6.45, 7) is 0. The predicted octanol–water partition coefficient (Wildman–Crippen LogP) is 9.04. The van der Waals surface area contributed by atoms with Gasteiger partial charge in [0, 0.05) is 54.9 Å². The number of hydrogen-bond donors (Lipinski definition) is 0. The van der Waals surface area contributed by atoms with E-state index >= 15 is 0 Å². The van der Waals surface area contributed by atoms with E-state index in [4.69, 9.17) is 9.47 Å². The minimum atomic E-state index is 0.397. The number of fused-ring (bicyclic) bond motifs is 3. The van der Waals surface area contributed by atoms with E-state index in [2.05, 4.69) is 78.9 Å². The molecular formula is C36H23N7O2S2. The summed E-state index contributed by atoms with van der Waals surface area (Å²) < 4.78 is 13.9. The van der Waals surface area contributed by atoms with Gasteiger partial charge < -0.3 is 9.47 Å². The molecule has 0 spiro atoms. The molecule has 0 fully saturated rings. The summed E-state index contributed by atoms with van der Waals surface area (Å²) in [6.07, 6.45) is 4.76. The fraction of sp³-hybridized carbons (Fsp3) is 0. The molecule has 47 heavy (non-hydrogen) atoms. The molecule has 0 aliphatic carbocycles. The Labute approximate surface area is 277 Å². The monoisotopic (exact) mass is 649 g/mol. The number of hydrogen-bond acceptors (Lipinski definition) is 10. The number of nitrogens with zero attached hydrogens (tertiary/aromatic N) is 7. The first-order chi connectivity index (χ1) is 23.2. The van der Waals surface area contributed by atoms with Gasteiger partial charge in [0.25, 0.3) is 5.95 Å². The Morgan fingerprint density at radius 2 is 1.00 bits per heavy atom. The van der Waals surface area contributed by atoms with Crippen molar-refractivity contribution in [1.82, 2.24) is 34.9 Å². The van der Waals surface area contributed by atoms with E-state index in [1.165, 1.54) is 6.33 Å². The quantitative estimate of drug-likeness (QED) is 0.151. The lowest BCUT2D eigenvalue weighted by atomic mass is 10.1. The van der Waals surface area contributed by atoms with Gasteiger partial charge >= 0.3 is 0 Å². The Morgan fingerprint density at radius 1 is 0.489 bits per heavy atom. The number of aromatic nitrogens is 7. The summed E-state index contributed by atoms with van der Waals surface area (Å²) in [5.41, 5.74) is 1.90. The maximum Gasteiger partial charge on any atom is 0.273 e. The minimum absolute atomic E-state index is 0.397. The van der Waals surface area contributed by atoms with Gasteiger partial charge in [0.2, 0.25) is 11.8 Å². The predicted molar refractivity (Wildman–Crippen MR) is 182 cm³/mol. The van der Waals surface area contributed by atoms with Crippen molar-refractivity contribution < 1.29 is 9.47 Å². The molecular weight excluding hydrogens is 627 g/mol. The van der Waals surface area contributed by atoms with Crippen molar-refractivity contribution in [2.75, 3.05) is 0 Å². The molecule has 0 atom stereocenters. The van der Waals surface area contributed by atoms with Crippen molar-refractivity contribution in [3.63, 3.8) is 0 Å². The van der Waals surface area contributed by atoms with Crippen LogP contribution in [0.4, 0.5) is 0 Å². The van der Waals surface area contributed by atoms with Crippen molar-refractivity contribution >= 4 is 45.3 Å². The lowest BCUT2D eigenvalue weighted by molar-refractivity contribution is 0.461. The molecule has 0 bridgehead atoms. The maximum absolute atomic E-state index is 5.96. The van der Waals surface area contributed by atoms with Gasteiger partial charge in [-0.15, -0.1) is 20.4 Å². The van der Waals surface area contributed by atoms with Crippen LogP contribution >= 0.6 is 23.5 Å². The van der Waals surface area contributed by atoms with E-state index in [1.807, 2.05) is 77.4 Å². The number of pyridine rings is 2. The van der Waals surface area contributed by atoms with Crippen LogP contribution in [0.1, 0.15) is 0 Å². The molecule has 0 radical (unpaired) electrons. The van der Waals surface area contributed by atoms with Crippen LogP contribution in [0, 0.1) is 0 Å². The molecule has 0 saturated carbocycles. The highest BCUT2D eigenvalue weighted by atomic mass is 32.2. The van der Waals surface area contributed by atoms with E-state index in [0.717, 1.165) is 52.9 Å². The van der Waals surface area contributed by atoms with Gasteiger partial charge in [0.1, 0.15) is 11.5 Å². The van der Waals surface area contributed by atoms with Crippen molar-refractivity contribution in [3.8, 4) is 29.2 Å². The molecule has 4 heterocycles. The van der Waals surface area contributed by atoms with Crippen LogP contribution in [-0.2, 0) is 0 Å². The molecule has 11 heteroatoms. The molecule has 0 saturated heterocycles. The smallest absolute Gasteiger partial charge is 0.273 e. The van der Waals surface area contributed by atoms with Gasteiger partial charge in [-0.2, -0.15) is 0 Å². The zero-order valence-corrected chi connectivity index (χ0v) is 26.2. The first kappa shape index (κ1) is 28.7. The van der Waals surface area contributed by atoms with Crippen LogP contribution < -0.4 is 9.47 Å². The topological polar surface area (TPSA) is 101 Å². The van der Waals surface area contributed by atoms with Crippen LogP contribution in [0.15, 0.2) is 160 Å². The van der Waals surface area contributed by atoms with Gasteiger partial charge in [0.15, 0.2) is 6.33 Å². The molecule has 0 unspecified atom stereocenters. The summed E-state index contributed by atoms with van der Waals surface area (Å²) in [4.78, 5) is 12.7. The van der Waals surface area contributed by atoms with E-state index in [1.54, 1.807) is 35.9 Å². The van der Waals surface area contributed by atoms with Crippen molar-refractivity contribution in [2.45, 2.75) is 19.6 Å².